The number of alkyl halides is 3. The monoisotopic (exact) mass is 424 g/mol. The Bertz CT molecular complexity index is 923. The van der Waals surface area contributed by atoms with Crippen LogP contribution in [0.3, 0.4) is 0 Å². The predicted molar refractivity (Wildman–Crippen MR) is 95.6 cm³/mol. The molecule has 2 aliphatic rings. The van der Waals surface area contributed by atoms with Crippen LogP contribution in [-0.2, 0) is 15.1 Å². The molecule has 1 aliphatic carbocycles. The van der Waals surface area contributed by atoms with Crippen molar-refractivity contribution < 1.29 is 32.3 Å². The number of hydrogen-bond donors (Lipinski definition) is 2. The Balaban J connectivity index is 1.72. The zero-order valence-electron chi connectivity index (χ0n) is 16.2. The Morgan fingerprint density at radius 3 is 2.43 bits per heavy atom. The Morgan fingerprint density at radius 2 is 1.93 bits per heavy atom. The number of halogens is 3. The number of imide groups is 1. The Morgan fingerprint density at radius 1 is 1.33 bits per heavy atom. The summed E-state index contributed by atoms with van der Waals surface area (Å²) >= 11 is 0. The molecule has 1 aliphatic heterocycles. The fourth-order valence-electron chi connectivity index (χ4n) is 3.38. The topological polar surface area (TPSA) is 112 Å². The Labute approximate surface area is 170 Å². The molecular weight excluding hydrogens is 405 g/mol. The van der Waals surface area contributed by atoms with Crippen LogP contribution in [0.1, 0.15) is 32.3 Å². The molecule has 2 fully saturated rings. The number of urea groups is 1. The first kappa shape index (κ1) is 21.4. The van der Waals surface area contributed by atoms with E-state index in [0.29, 0.717) is 4.90 Å². The number of nitrogens with zero attached hydrogens (tertiary/aromatic N) is 2. The van der Waals surface area contributed by atoms with Crippen LogP contribution in [0.2, 0.25) is 0 Å². The molecule has 3 rings (SSSR count). The lowest BCUT2D eigenvalue weighted by Crippen LogP contribution is -2.51. The number of amides is 4. The summed E-state index contributed by atoms with van der Waals surface area (Å²) in [7, 11) is 0. The summed E-state index contributed by atoms with van der Waals surface area (Å²) in [6.07, 6.45) is -3.25. The molecule has 1 saturated heterocycles. The maximum Gasteiger partial charge on any atom is 0.573 e. The van der Waals surface area contributed by atoms with Crippen LogP contribution in [0.15, 0.2) is 24.3 Å². The highest BCUT2D eigenvalue weighted by atomic mass is 19.4. The van der Waals surface area contributed by atoms with E-state index in [-0.39, 0.29) is 11.5 Å². The van der Waals surface area contributed by atoms with Gasteiger partial charge in [-0.3, -0.25) is 14.5 Å². The molecular formula is C19H19F3N4O4. The van der Waals surface area contributed by atoms with Crippen LogP contribution in [-0.4, -0.2) is 41.2 Å². The smallest absolute Gasteiger partial charge is 0.406 e. The predicted octanol–water partition coefficient (Wildman–Crippen LogP) is 2.16. The van der Waals surface area contributed by atoms with Gasteiger partial charge >= 0.3 is 12.4 Å². The molecule has 0 unspecified atom stereocenters. The highest BCUT2D eigenvalue weighted by Crippen LogP contribution is 2.39. The third-order valence-electron chi connectivity index (χ3n) is 5.27. The van der Waals surface area contributed by atoms with Crippen molar-refractivity contribution in [3.63, 3.8) is 0 Å². The summed E-state index contributed by atoms with van der Waals surface area (Å²) in [6.45, 7) is 2.39. The summed E-state index contributed by atoms with van der Waals surface area (Å²) in [6, 6.07) is 5.73. The van der Waals surface area contributed by atoms with Crippen molar-refractivity contribution in [1.82, 2.24) is 15.5 Å². The fraction of sp³-hybridized carbons (Fsp3) is 0.474. The van der Waals surface area contributed by atoms with Gasteiger partial charge in [0.05, 0.1) is 6.07 Å². The number of benzene rings is 1. The SMILES string of the molecule is C[C@]1(c2ccc(OC(F)(F)F)cc2)NC(=O)N(CC(=O)N[C@](C)(C#N)C2CC2)C1=O. The van der Waals surface area contributed by atoms with E-state index in [9.17, 15) is 32.8 Å². The van der Waals surface area contributed by atoms with Crippen LogP contribution in [0.4, 0.5) is 18.0 Å². The number of nitrogens with one attached hydrogen (secondary N) is 2. The minimum atomic E-state index is -4.86. The summed E-state index contributed by atoms with van der Waals surface area (Å²) in [5.41, 5.74) is -2.42. The van der Waals surface area contributed by atoms with Gasteiger partial charge in [-0.25, -0.2) is 4.79 Å². The molecule has 2 N–H and O–H groups in total. The highest BCUT2D eigenvalue weighted by Gasteiger charge is 2.50. The fourth-order valence-corrected chi connectivity index (χ4v) is 3.38. The van der Waals surface area contributed by atoms with Gasteiger partial charge in [0.25, 0.3) is 5.91 Å². The largest absolute Gasteiger partial charge is 0.573 e. The molecule has 30 heavy (non-hydrogen) atoms. The molecule has 160 valence electrons. The Kier molecular flexibility index (Phi) is 5.14. The minimum absolute atomic E-state index is 0.0252. The van der Waals surface area contributed by atoms with Crippen LogP contribution in [0.5, 0.6) is 5.75 Å². The quantitative estimate of drug-likeness (QED) is 0.680. The number of nitriles is 1. The van der Waals surface area contributed by atoms with Crippen molar-refractivity contribution in [3.05, 3.63) is 29.8 Å². The van der Waals surface area contributed by atoms with E-state index < -0.39 is 47.6 Å². The lowest BCUT2D eigenvalue weighted by molar-refractivity contribution is -0.274. The van der Waals surface area contributed by atoms with E-state index in [4.69, 9.17) is 0 Å². The van der Waals surface area contributed by atoms with Gasteiger partial charge in [0.1, 0.15) is 23.4 Å². The van der Waals surface area contributed by atoms with Gasteiger partial charge < -0.3 is 15.4 Å². The van der Waals surface area contributed by atoms with Crippen LogP contribution < -0.4 is 15.4 Å². The van der Waals surface area contributed by atoms with E-state index in [1.54, 1.807) is 6.92 Å². The average molecular weight is 424 g/mol. The van der Waals surface area contributed by atoms with Crippen LogP contribution in [0.25, 0.3) is 0 Å². The average Bonchev–Trinajstić information content (AvgIpc) is 3.47. The van der Waals surface area contributed by atoms with E-state index >= 15 is 0 Å². The summed E-state index contributed by atoms with van der Waals surface area (Å²) in [5.74, 6) is -1.85. The molecule has 2 atom stereocenters. The van der Waals surface area contributed by atoms with Gasteiger partial charge in [-0.2, -0.15) is 5.26 Å². The summed E-state index contributed by atoms with van der Waals surface area (Å²) in [4.78, 5) is 38.2. The molecule has 1 aromatic rings. The van der Waals surface area contributed by atoms with Crippen molar-refractivity contribution in [2.24, 2.45) is 5.92 Å². The first-order valence-corrected chi connectivity index (χ1v) is 9.10. The maximum absolute atomic E-state index is 12.9. The minimum Gasteiger partial charge on any atom is -0.406 e. The van der Waals surface area contributed by atoms with Crippen LogP contribution in [0, 0.1) is 17.2 Å². The van der Waals surface area contributed by atoms with Gasteiger partial charge in [-0.15, -0.1) is 13.2 Å². The highest BCUT2D eigenvalue weighted by molar-refractivity contribution is 6.09. The van der Waals surface area contributed by atoms with E-state index in [2.05, 4.69) is 21.4 Å². The molecule has 0 radical (unpaired) electrons. The molecule has 11 heteroatoms. The summed E-state index contributed by atoms with van der Waals surface area (Å²) < 4.78 is 40.7. The van der Waals surface area contributed by atoms with Crippen molar-refractivity contribution in [2.45, 2.75) is 44.1 Å². The number of hydrogen-bond acceptors (Lipinski definition) is 5. The van der Waals surface area contributed by atoms with E-state index in [1.807, 2.05) is 0 Å². The van der Waals surface area contributed by atoms with Gasteiger partial charge in [0, 0.05) is 0 Å². The molecule has 4 amide bonds. The van der Waals surface area contributed by atoms with Gasteiger partial charge in [0.15, 0.2) is 0 Å². The molecule has 0 aromatic heterocycles. The Hall–Kier alpha value is -3.29. The first-order chi connectivity index (χ1) is 13.9. The van der Waals surface area contributed by atoms with Crippen molar-refractivity contribution in [1.29, 1.82) is 5.26 Å². The number of carbonyl (C=O) groups excluding carboxylic acids is 3. The van der Waals surface area contributed by atoms with E-state index in [1.165, 1.54) is 19.1 Å². The van der Waals surface area contributed by atoms with Crippen molar-refractivity contribution in [2.75, 3.05) is 6.54 Å². The number of ether oxygens (including phenoxy) is 1. The molecule has 1 heterocycles. The normalized spacial score (nSPS) is 23.4. The zero-order valence-corrected chi connectivity index (χ0v) is 16.2. The maximum atomic E-state index is 12.9. The van der Waals surface area contributed by atoms with Crippen LogP contribution >= 0.6 is 0 Å². The lowest BCUT2D eigenvalue weighted by Gasteiger charge is -2.25. The number of rotatable bonds is 6. The summed E-state index contributed by atoms with van der Waals surface area (Å²) in [5, 5.41) is 14.4. The molecule has 1 saturated carbocycles. The third-order valence-corrected chi connectivity index (χ3v) is 5.27. The van der Waals surface area contributed by atoms with E-state index in [0.717, 1.165) is 25.0 Å². The molecule has 8 nitrogen and oxygen atoms in total. The van der Waals surface area contributed by atoms with Gasteiger partial charge in [-0.05, 0) is 50.3 Å². The van der Waals surface area contributed by atoms with Gasteiger partial charge in [-0.1, -0.05) is 12.1 Å². The standard InChI is InChI=1S/C19H19F3N4O4/c1-17(10-23,11-3-4-11)24-14(27)9-26-15(28)18(2,25-16(26)29)12-5-7-13(8-6-12)30-19(20,21)22/h5-8,11H,3-4,9H2,1-2H3,(H,24,27)(H,25,29)/t17-,18-/m1/s1. The second kappa shape index (κ2) is 7.19. The zero-order chi connectivity index (χ0) is 22.3. The molecule has 0 spiro atoms. The van der Waals surface area contributed by atoms with Crippen molar-refractivity contribution in [3.8, 4) is 11.8 Å². The molecule has 0 bridgehead atoms. The lowest BCUT2D eigenvalue weighted by atomic mass is 9.92. The number of carbonyl (C=O) groups is 3. The molecule has 1 aromatic carbocycles. The first-order valence-electron chi connectivity index (χ1n) is 9.10. The third kappa shape index (κ3) is 4.17. The van der Waals surface area contributed by atoms with Crippen molar-refractivity contribution >= 4 is 17.8 Å². The second-order valence-corrected chi connectivity index (χ2v) is 7.66. The second-order valence-electron chi connectivity index (χ2n) is 7.66. The van der Waals surface area contributed by atoms with Gasteiger partial charge in [0.2, 0.25) is 5.91 Å².